The Hall–Kier alpha value is -2.29. The fourth-order valence-corrected chi connectivity index (χ4v) is 2.68. The van der Waals surface area contributed by atoms with Crippen molar-refractivity contribution >= 4 is 11.6 Å². The average Bonchev–Trinajstić information content (AvgIpc) is 2.57. The molecule has 3 nitrogen and oxygen atoms in total. The van der Waals surface area contributed by atoms with Gasteiger partial charge in [-0.2, -0.15) is 0 Å². The second kappa shape index (κ2) is 8.00. The summed E-state index contributed by atoms with van der Waals surface area (Å²) in [6.45, 7) is 10.2. The molecule has 0 unspecified atom stereocenters. The highest BCUT2D eigenvalue weighted by Gasteiger charge is 2.20. The minimum absolute atomic E-state index is 0.0975. The van der Waals surface area contributed by atoms with Gasteiger partial charge in [-0.3, -0.25) is 4.79 Å². The van der Waals surface area contributed by atoms with E-state index in [0.29, 0.717) is 6.42 Å². The maximum atomic E-state index is 12.7. The summed E-state index contributed by atoms with van der Waals surface area (Å²) in [5, 5.41) is 3.06. The zero-order valence-corrected chi connectivity index (χ0v) is 15.3. The Kier molecular flexibility index (Phi) is 6.02. The number of amides is 1. The molecule has 0 spiro atoms. The number of carbonyl (C=O) groups excluding carboxylic acids is 1. The molecule has 2 aromatic carbocycles. The van der Waals surface area contributed by atoms with Crippen molar-refractivity contribution in [1.82, 2.24) is 0 Å². The van der Waals surface area contributed by atoms with Gasteiger partial charge in [0.05, 0.1) is 0 Å². The van der Waals surface area contributed by atoms with Gasteiger partial charge in [0.25, 0.3) is 5.91 Å². The van der Waals surface area contributed by atoms with Crippen molar-refractivity contribution in [3.63, 3.8) is 0 Å². The van der Waals surface area contributed by atoms with Crippen LogP contribution in [-0.4, -0.2) is 12.0 Å². The molecular weight excluding hydrogens is 298 g/mol. The lowest BCUT2D eigenvalue weighted by atomic mass is 10.1. The van der Waals surface area contributed by atoms with Crippen molar-refractivity contribution < 1.29 is 9.53 Å². The molecule has 1 atom stereocenters. The van der Waals surface area contributed by atoms with E-state index in [1.807, 2.05) is 57.2 Å². The standard InChI is InChI=1S/C21H27NO2/c1-6-17-10-8-9-15(4)20(17)22-21(23)19(7-2)24-18-12-11-14(3)16(5)13-18/h8-13,19H,6-7H2,1-5H3,(H,22,23)/t19-/m0/s1. The lowest BCUT2D eigenvalue weighted by Crippen LogP contribution is -2.33. The van der Waals surface area contributed by atoms with E-state index in [1.165, 1.54) is 5.56 Å². The second-order valence-corrected chi connectivity index (χ2v) is 6.21. The molecule has 24 heavy (non-hydrogen) atoms. The van der Waals surface area contributed by atoms with Gasteiger partial charge in [-0.1, -0.05) is 38.1 Å². The molecule has 3 heteroatoms. The normalized spacial score (nSPS) is 11.9. The Morgan fingerprint density at radius 3 is 2.42 bits per heavy atom. The quantitative estimate of drug-likeness (QED) is 0.814. The zero-order valence-electron chi connectivity index (χ0n) is 15.3. The Labute approximate surface area is 145 Å². The van der Waals surface area contributed by atoms with Crippen molar-refractivity contribution in [1.29, 1.82) is 0 Å². The van der Waals surface area contributed by atoms with Gasteiger partial charge in [0.1, 0.15) is 5.75 Å². The summed E-state index contributed by atoms with van der Waals surface area (Å²) in [6.07, 6.45) is 0.995. The average molecular weight is 325 g/mol. The summed E-state index contributed by atoms with van der Waals surface area (Å²) in [7, 11) is 0. The number of ether oxygens (including phenoxy) is 1. The molecule has 0 aliphatic carbocycles. The van der Waals surface area contributed by atoms with Gasteiger partial charge in [-0.25, -0.2) is 0 Å². The van der Waals surface area contributed by atoms with Crippen molar-refractivity contribution in [2.75, 3.05) is 5.32 Å². The summed E-state index contributed by atoms with van der Waals surface area (Å²) in [4.78, 5) is 12.7. The number of carbonyl (C=O) groups is 1. The van der Waals surface area contributed by atoms with Gasteiger partial charge < -0.3 is 10.1 Å². The molecule has 1 N–H and O–H groups in total. The van der Waals surface area contributed by atoms with Crippen LogP contribution in [0.5, 0.6) is 5.75 Å². The number of benzene rings is 2. The van der Waals surface area contributed by atoms with Gasteiger partial charge >= 0.3 is 0 Å². The lowest BCUT2D eigenvalue weighted by molar-refractivity contribution is -0.122. The Morgan fingerprint density at radius 1 is 1.04 bits per heavy atom. The Morgan fingerprint density at radius 2 is 1.79 bits per heavy atom. The molecule has 0 saturated carbocycles. The van der Waals surface area contributed by atoms with Crippen molar-refractivity contribution in [3.8, 4) is 5.75 Å². The SMILES string of the molecule is CCc1cccc(C)c1NC(=O)[C@H](CC)Oc1ccc(C)c(C)c1. The van der Waals surface area contributed by atoms with Crippen molar-refractivity contribution in [2.24, 2.45) is 0 Å². The van der Waals surface area contributed by atoms with E-state index in [4.69, 9.17) is 4.74 Å². The number of rotatable bonds is 6. The first kappa shape index (κ1) is 18.1. The van der Waals surface area contributed by atoms with E-state index in [2.05, 4.69) is 19.2 Å². The molecule has 0 aromatic heterocycles. The molecule has 1 amide bonds. The predicted molar refractivity (Wildman–Crippen MR) is 99.8 cm³/mol. The van der Waals surface area contributed by atoms with Crippen LogP contribution in [-0.2, 0) is 11.2 Å². The van der Waals surface area contributed by atoms with E-state index in [-0.39, 0.29) is 5.91 Å². The largest absolute Gasteiger partial charge is 0.481 e. The molecule has 2 rings (SSSR count). The molecular formula is C21H27NO2. The maximum Gasteiger partial charge on any atom is 0.265 e. The smallest absolute Gasteiger partial charge is 0.265 e. The minimum Gasteiger partial charge on any atom is -0.481 e. The molecule has 2 aromatic rings. The first-order valence-corrected chi connectivity index (χ1v) is 8.59. The number of hydrogen-bond donors (Lipinski definition) is 1. The van der Waals surface area contributed by atoms with Gasteiger partial charge in [0, 0.05) is 5.69 Å². The topological polar surface area (TPSA) is 38.3 Å². The molecule has 0 aliphatic rings. The number of hydrogen-bond acceptors (Lipinski definition) is 2. The fourth-order valence-electron chi connectivity index (χ4n) is 2.68. The van der Waals surface area contributed by atoms with Crippen LogP contribution in [0, 0.1) is 20.8 Å². The van der Waals surface area contributed by atoms with Gasteiger partial charge in [0.2, 0.25) is 0 Å². The third-order valence-electron chi connectivity index (χ3n) is 4.41. The highest BCUT2D eigenvalue weighted by atomic mass is 16.5. The maximum absolute atomic E-state index is 12.7. The van der Waals surface area contributed by atoms with Crippen LogP contribution in [0.1, 0.15) is 42.5 Å². The van der Waals surface area contributed by atoms with Crippen LogP contribution in [0.15, 0.2) is 36.4 Å². The van der Waals surface area contributed by atoms with Gasteiger partial charge in [-0.15, -0.1) is 0 Å². The number of nitrogens with one attached hydrogen (secondary N) is 1. The minimum atomic E-state index is -0.503. The summed E-state index contributed by atoms with van der Waals surface area (Å²) in [5.41, 5.74) is 5.50. The monoisotopic (exact) mass is 325 g/mol. The molecule has 0 radical (unpaired) electrons. The molecule has 0 aliphatic heterocycles. The predicted octanol–water partition coefficient (Wildman–Crippen LogP) is 4.97. The first-order valence-electron chi connectivity index (χ1n) is 8.59. The summed E-state index contributed by atoms with van der Waals surface area (Å²) >= 11 is 0. The third kappa shape index (κ3) is 4.16. The van der Waals surface area contributed by atoms with Crippen LogP contribution in [0.4, 0.5) is 5.69 Å². The Bertz CT molecular complexity index is 722. The highest BCUT2D eigenvalue weighted by molar-refractivity contribution is 5.95. The highest BCUT2D eigenvalue weighted by Crippen LogP contribution is 2.23. The van der Waals surface area contributed by atoms with E-state index >= 15 is 0 Å². The molecule has 0 heterocycles. The number of anilines is 1. The Balaban J connectivity index is 2.16. The van der Waals surface area contributed by atoms with Crippen LogP contribution in [0.2, 0.25) is 0 Å². The lowest BCUT2D eigenvalue weighted by Gasteiger charge is -2.20. The summed E-state index contributed by atoms with van der Waals surface area (Å²) in [5.74, 6) is 0.639. The first-order chi connectivity index (χ1) is 11.5. The van der Waals surface area contributed by atoms with E-state index in [0.717, 1.165) is 34.5 Å². The summed E-state index contributed by atoms with van der Waals surface area (Å²) < 4.78 is 5.93. The third-order valence-corrected chi connectivity index (χ3v) is 4.41. The van der Waals surface area contributed by atoms with E-state index < -0.39 is 6.10 Å². The second-order valence-electron chi connectivity index (χ2n) is 6.21. The molecule has 0 fully saturated rings. The molecule has 128 valence electrons. The van der Waals surface area contributed by atoms with Crippen molar-refractivity contribution in [2.45, 2.75) is 53.6 Å². The van der Waals surface area contributed by atoms with Crippen LogP contribution in [0.3, 0.4) is 0 Å². The fraction of sp³-hybridized carbons (Fsp3) is 0.381. The van der Waals surface area contributed by atoms with Crippen LogP contribution in [0.25, 0.3) is 0 Å². The number of para-hydroxylation sites is 1. The van der Waals surface area contributed by atoms with E-state index in [9.17, 15) is 4.79 Å². The summed E-state index contributed by atoms with van der Waals surface area (Å²) in [6, 6.07) is 12.0. The molecule has 0 bridgehead atoms. The van der Waals surface area contributed by atoms with Gasteiger partial charge in [0.15, 0.2) is 6.10 Å². The van der Waals surface area contributed by atoms with E-state index in [1.54, 1.807) is 0 Å². The number of aryl methyl sites for hydroxylation is 4. The zero-order chi connectivity index (χ0) is 17.7. The van der Waals surface area contributed by atoms with Crippen molar-refractivity contribution in [3.05, 3.63) is 58.7 Å². The molecule has 0 saturated heterocycles. The van der Waals surface area contributed by atoms with Crippen LogP contribution >= 0.6 is 0 Å². The van der Waals surface area contributed by atoms with Gasteiger partial charge in [-0.05, 0) is 68.0 Å². The van der Waals surface area contributed by atoms with Crippen LogP contribution < -0.4 is 10.1 Å².